The van der Waals surface area contributed by atoms with Gasteiger partial charge in [-0.05, 0) is 38.5 Å². The molecule has 3 fully saturated rings. The summed E-state index contributed by atoms with van der Waals surface area (Å²) in [6, 6.07) is 0. The van der Waals surface area contributed by atoms with Crippen LogP contribution in [0.4, 0.5) is 4.79 Å². The topological polar surface area (TPSA) is 75.3 Å². The summed E-state index contributed by atoms with van der Waals surface area (Å²) < 4.78 is 0. The van der Waals surface area contributed by atoms with E-state index in [1.807, 2.05) is 13.8 Å². The number of amides is 1. The lowest BCUT2D eigenvalue weighted by molar-refractivity contribution is -0.187. The Labute approximate surface area is 77.5 Å². The zero-order valence-electron chi connectivity index (χ0n) is 8.05. The zero-order valence-corrected chi connectivity index (χ0v) is 8.05. The monoisotopic (exact) mass is 184 g/mol. The summed E-state index contributed by atoms with van der Waals surface area (Å²) >= 11 is 0. The Morgan fingerprint density at radius 1 is 1.46 bits per heavy atom. The van der Waals surface area contributed by atoms with Crippen LogP contribution in [-0.2, 0) is 0 Å². The molecule has 3 saturated carbocycles. The molecule has 3 rings (SSSR count). The van der Waals surface area contributed by atoms with Crippen LogP contribution in [-0.4, -0.2) is 22.3 Å². The van der Waals surface area contributed by atoms with Crippen molar-refractivity contribution >= 4 is 6.09 Å². The molecular weight excluding hydrogens is 168 g/mol. The van der Waals surface area contributed by atoms with Crippen molar-refractivity contribution in [1.29, 1.82) is 0 Å². The molecule has 4 nitrogen and oxygen atoms in total. The summed E-state index contributed by atoms with van der Waals surface area (Å²) in [5, 5.41) is 11.2. The predicted molar refractivity (Wildman–Crippen MR) is 48.4 cm³/mol. The maximum Gasteiger partial charge on any atom is 0.405 e. The molecule has 0 atom stereocenters. The Morgan fingerprint density at radius 2 is 1.92 bits per heavy atom. The van der Waals surface area contributed by atoms with E-state index in [1.165, 1.54) is 0 Å². The van der Waals surface area contributed by atoms with Crippen LogP contribution in [0.15, 0.2) is 0 Å². The molecule has 2 bridgehead atoms. The molecule has 74 valence electrons. The molecule has 0 spiro atoms. The number of carbonyl (C=O) groups is 1. The van der Waals surface area contributed by atoms with E-state index >= 15 is 0 Å². The Kier molecular flexibility index (Phi) is 1.36. The molecule has 0 aliphatic heterocycles. The van der Waals surface area contributed by atoms with Crippen LogP contribution in [0.25, 0.3) is 0 Å². The van der Waals surface area contributed by atoms with Crippen molar-refractivity contribution in [3.8, 4) is 0 Å². The number of carboxylic acid groups (broad SMARTS) is 1. The first kappa shape index (κ1) is 8.81. The summed E-state index contributed by atoms with van der Waals surface area (Å²) in [5.74, 6) is 0. The van der Waals surface area contributed by atoms with Gasteiger partial charge in [-0.1, -0.05) is 0 Å². The highest BCUT2D eigenvalue weighted by atomic mass is 16.4. The first-order valence-corrected chi connectivity index (χ1v) is 4.59. The van der Waals surface area contributed by atoms with Crippen molar-refractivity contribution in [3.63, 3.8) is 0 Å². The minimum absolute atomic E-state index is 0.123. The second-order valence-corrected chi connectivity index (χ2v) is 5.24. The van der Waals surface area contributed by atoms with Crippen molar-refractivity contribution in [2.75, 3.05) is 0 Å². The van der Waals surface area contributed by atoms with Crippen LogP contribution < -0.4 is 11.1 Å². The van der Waals surface area contributed by atoms with Crippen molar-refractivity contribution in [3.05, 3.63) is 0 Å². The Morgan fingerprint density at radius 3 is 2.23 bits per heavy atom. The van der Waals surface area contributed by atoms with Gasteiger partial charge in [0.2, 0.25) is 0 Å². The van der Waals surface area contributed by atoms with Gasteiger partial charge in [-0.3, -0.25) is 0 Å². The van der Waals surface area contributed by atoms with E-state index in [0.29, 0.717) is 0 Å². The average molecular weight is 184 g/mol. The molecule has 13 heavy (non-hydrogen) atoms. The molecule has 4 heteroatoms. The fourth-order valence-electron chi connectivity index (χ4n) is 2.83. The van der Waals surface area contributed by atoms with Crippen molar-refractivity contribution in [1.82, 2.24) is 5.32 Å². The largest absolute Gasteiger partial charge is 0.465 e. The molecule has 0 aromatic carbocycles. The normalized spacial score (nSPS) is 41.8. The molecule has 0 aromatic heterocycles. The predicted octanol–water partition coefficient (Wildman–Crippen LogP) is 0.914. The number of hydrogen-bond donors (Lipinski definition) is 3. The summed E-state index contributed by atoms with van der Waals surface area (Å²) in [7, 11) is 0. The van der Waals surface area contributed by atoms with E-state index in [4.69, 9.17) is 10.8 Å². The van der Waals surface area contributed by atoms with Gasteiger partial charge < -0.3 is 16.2 Å². The van der Waals surface area contributed by atoms with Crippen LogP contribution in [0, 0.1) is 5.41 Å². The molecule has 4 N–H and O–H groups in total. The third kappa shape index (κ3) is 0.981. The van der Waals surface area contributed by atoms with Gasteiger partial charge in [0.1, 0.15) is 0 Å². The summed E-state index contributed by atoms with van der Waals surface area (Å²) in [6.45, 7) is 4.05. The number of rotatable bonds is 2. The zero-order chi connectivity index (χ0) is 9.91. The Hall–Kier alpha value is -0.770. The van der Waals surface area contributed by atoms with E-state index in [9.17, 15) is 4.79 Å². The molecule has 0 saturated heterocycles. The highest BCUT2D eigenvalue weighted by Crippen LogP contribution is 2.70. The Balaban J connectivity index is 1.97. The minimum atomic E-state index is -0.914. The van der Waals surface area contributed by atoms with Crippen molar-refractivity contribution < 1.29 is 9.90 Å². The van der Waals surface area contributed by atoms with E-state index in [2.05, 4.69) is 5.32 Å². The third-order valence-corrected chi connectivity index (χ3v) is 3.77. The lowest BCUT2D eigenvalue weighted by Gasteiger charge is -2.74. The maximum atomic E-state index is 10.4. The molecule has 3 aliphatic rings. The van der Waals surface area contributed by atoms with Crippen LogP contribution >= 0.6 is 0 Å². The summed E-state index contributed by atoms with van der Waals surface area (Å²) in [4.78, 5) is 10.4. The van der Waals surface area contributed by atoms with Crippen LogP contribution in [0.2, 0.25) is 0 Å². The second kappa shape index (κ2) is 2.00. The molecular formula is C9H16N2O2. The smallest absolute Gasteiger partial charge is 0.405 e. The quantitative estimate of drug-likeness (QED) is 0.597. The summed E-state index contributed by atoms with van der Waals surface area (Å²) in [5.41, 5.74) is 5.94. The molecule has 0 unspecified atom stereocenters. The highest BCUT2D eigenvalue weighted by molar-refractivity contribution is 5.67. The van der Waals surface area contributed by atoms with Gasteiger partial charge in [-0.2, -0.15) is 0 Å². The van der Waals surface area contributed by atoms with Crippen LogP contribution in [0.1, 0.15) is 33.1 Å². The molecule has 1 amide bonds. The standard InChI is InChI=1S/C9H16N2O2/c1-7(2,10)8-3-9(4-8,5-8)11-6(12)13/h11H,3-5,10H2,1-2H3,(H,12,13). The number of hydrogen-bond acceptors (Lipinski definition) is 2. The van der Waals surface area contributed by atoms with Crippen LogP contribution in [0.3, 0.4) is 0 Å². The first-order valence-electron chi connectivity index (χ1n) is 4.59. The fraction of sp³-hybridized carbons (Fsp3) is 0.889. The lowest BCUT2D eigenvalue weighted by atomic mass is 9.34. The number of nitrogens with one attached hydrogen (secondary N) is 1. The van der Waals surface area contributed by atoms with Gasteiger partial charge in [-0.25, -0.2) is 4.79 Å². The fourth-order valence-corrected chi connectivity index (χ4v) is 2.83. The van der Waals surface area contributed by atoms with E-state index in [-0.39, 0.29) is 16.5 Å². The SMILES string of the molecule is CC(C)(N)C12CC(NC(=O)O)(C1)C2. The first-order chi connectivity index (χ1) is 5.79. The van der Waals surface area contributed by atoms with Gasteiger partial charge in [0.05, 0.1) is 0 Å². The van der Waals surface area contributed by atoms with Crippen molar-refractivity contribution in [2.24, 2.45) is 11.1 Å². The van der Waals surface area contributed by atoms with Gasteiger partial charge in [0.15, 0.2) is 0 Å². The van der Waals surface area contributed by atoms with E-state index in [0.717, 1.165) is 19.3 Å². The highest BCUT2D eigenvalue weighted by Gasteiger charge is 2.72. The molecule has 3 aliphatic carbocycles. The number of nitrogens with two attached hydrogens (primary N) is 1. The molecule has 0 aromatic rings. The molecule has 0 radical (unpaired) electrons. The lowest BCUT2D eigenvalue weighted by Crippen LogP contribution is -2.81. The Bertz CT molecular complexity index is 248. The maximum absolute atomic E-state index is 10.4. The van der Waals surface area contributed by atoms with Gasteiger partial charge in [0, 0.05) is 11.1 Å². The van der Waals surface area contributed by atoms with Crippen molar-refractivity contribution in [2.45, 2.75) is 44.2 Å². The van der Waals surface area contributed by atoms with Crippen LogP contribution in [0.5, 0.6) is 0 Å². The summed E-state index contributed by atoms with van der Waals surface area (Å²) in [6.07, 6.45) is 1.82. The van der Waals surface area contributed by atoms with E-state index < -0.39 is 6.09 Å². The van der Waals surface area contributed by atoms with Gasteiger partial charge in [-0.15, -0.1) is 0 Å². The van der Waals surface area contributed by atoms with Gasteiger partial charge in [0.25, 0.3) is 0 Å². The van der Waals surface area contributed by atoms with Gasteiger partial charge >= 0.3 is 6.09 Å². The minimum Gasteiger partial charge on any atom is -0.465 e. The van der Waals surface area contributed by atoms with E-state index in [1.54, 1.807) is 0 Å². The third-order valence-electron chi connectivity index (χ3n) is 3.77. The molecule has 0 heterocycles. The second-order valence-electron chi connectivity index (χ2n) is 5.24. The average Bonchev–Trinajstić information content (AvgIpc) is 1.70.